The summed E-state index contributed by atoms with van der Waals surface area (Å²) in [6.07, 6.45) is 0.349. The first-order valence-corrected chi connectivity index (χ1v) is 11.6. The van der Waals surface area contributed by atoms with Crippen LogP contribution in [-0.2, 0) is 29.0 Å². The maximum Gasteiger partial charge on any atom is 0.243 e. The summed E-state index contributed by atoms with van der Waals surface area (Å²) < 4.78 is 14.6. The van der Waals surface area contributed by atoms with Crippen molar-refractivity contribution in [1.29, 1.82) is 0 Å². The minimum atomic E-state index is -0.826. The van der Waals surface area contributed by atoms with Gasteiger partial charge in [0.05, 0.1) is 6.42 Å². The summed E-state index contributed by atoms with van der Waals surface area (Å²) in [5, 5.41) is 3.53. The Morgan fingerprint density at radius 2 is 1.59 bits per heavy atom. The van der Waals surface area contributed by atoms with Crippen molar-refractivity contribution in [2.24, 2.45) is 0 Å². The van der Waals surface area contributed by atoms with Crippen LogP contribution >= 0.6 is 11.6 Å². The van der Waals surface area contributed by atoms with Crippen LogP contribution in [0.2, 0.25) is 5.02 Å². The molecule has 3 rings (SSSR count). The maximum atomic E-state index is 14.6. The molecule has 0 aliphatic heterocycles. The van der Waals surface area contributed by atoms with Crippen molar-refractivity contribution in [2.45, 2.75) is 51.7 Å². The SMILES string of the molecule is CC(C)(C)NC(=O)[C@@H](Cc1ccccc1)N(Cc1ccccc1F)C(=O)Cc1cccc(Cl)c1. The van der Waals surface area contributed by atoms with E-state index in [1.807, 2.05) is 57.2 Å². The van der Waals surface area contributed by atoms with Crippen LogP contribution in [0, 0.1) is 5.82 Å². The van der Waals surface area contributed by atoms with E-state index in [2.05, 4.69) is 5.32 Å². The van der Waals surface area contributed by atoms with Crippen LogP contribution < -0.4 is 5.32 Å². The van der Waals surface area contributed by atoms with Crippen LogP contribution in [0.25, 0.3) is 0 Å². The second-order valence-corrected chi connectivity index (χ2v) is 9.80. The number of hydrogen-bond donors (Lipinski definition) is 1. The van der Waals surface area contributed by atoms with Gasteiger partial charge in [-0.1, -0.05) is 72.3 Å². The molecule has 0 heterocycles. The van der Waals surface area contributed by atoms with E-state index in [4.69, 9.17) is 11.6 Å². The van der Waals surface area contributed by atoms with Crippen molar-refractivity contribution in [1.82, 2.24) is 10.2 Å². The zero-order valence-electron chi connectivity index (χ0n) is 19.7. The second-order valence-electron chi connectivity index (χ2n) is 9.36. The first-order chi connectivity index (χ1) is 16.1. The van der Waals surface area contributed by atoms with Crippen LogP contribution in [0.1, 0.15) is 37.5 Å². The minimum absolute atomic E-state index is 0.0267. The molecule has 178 valence electrons. The lowest BCUT2D eigenvalue weighted by molar-refractivity contribution is -0.141. The normalized spacial score (nSPS) is 12.1. The summed E-state index contributed by atoms with van der Waals surface area (Å²) in [5.41, 5.74) is 1.49. The molecule has 1 N–H and O–H groups in total. The summed E-state index contributed by atoms with van der Waals surface area (Å²) in [5.74, 6) is -0.986. The predicted molar refractivity (Wildman–Crippen MR) is 134 cm³/mol. The summed E-state index contributed by atoms with van der Waals surface area (Å²) in [4.78, 5) is 28.6. The average molecular weight is 481 g/mol. The van der Waals surface area contributed by atoms with E-state index in [9.17, 15) is 14.0 Å². The predicted octanol–water partition coefficient (Wildman–Crippen LogP) is 5.58. The highest BCUT2D eigenvalue weighted by molar-refractivity contribution is 6.30. The molecule has 0 unspecified atom stereocenters. The Bertz CT molecular complexity index is 1130. The topological polar surface area (TPSA) is 49.4 Å². The molecule has 0 aliphatic rings. The van der Waals surface area contributed by atoms with Gasteiger partial charge in [-0.25, -0.2) is 4.39 Å². The number of amides is 2. The van der Waals surface area contributed by atoms with E-state index < -0.39 is 17.4 Å². The van der Waals surface area contributed by atoms with Gasteiger partial charge < -0.3 is 10.2 Å². The first kappa shape index (κ1) is 25.4. The van der Waals surface area contributed by atoms with Crippen LogP contribution in [0.3, 0.4) is 0 Å². The van der Waals surface area contributed by atoms with Crippen molar-refractivity contribution < 1.29 is 14.0 Å². The molecule has 0 bridgehead atoms. The number of nitrogens with one attached hydrogen (secondary N) is 1. The number of carbonyl (C=O) groups excluding carboxylic acids is 2. The molecular formula is C28H30ClFN2O2. The molecule has 0 spiro atoms. The van der Waals surface area contributed by atoms with Crippen LogP contribution in [0.15, 0.2) is 78.9 Å². The highest BCUT2D eigenvalue weighted by Gasteiger charge is 2.32. The van der Waals surface area contributed by atoms with Crippen LogP contribution in [-0.4, -0.2) is 28.3 Å². The van der Waals surface area contributed by atoms with Crippen molar-refractivity contribution in [3.05, 3.63) is 106 Å². The Hall–Kier alpha value is -3.18. The van der Waals surface area contributed by atoms with Crippen LogP contribution in [0.4, 0.5) is 4.39 Å². The molecule has 4 nitrogen and oxygen atoms in total. The fourth-order valence-electron chi connectivity index (χ4n) is 3.74. The molecule has 0 saturated carbocycles. The van der Waals surface area contributed by atoms with Crippen molar-refractivity contribution in [3.8, 4) is 0 Å². The molecule has 0 fully saturated rings. The van der Waals surface area contributed by atoms with E-state index in [-0.39, 0.29) is 24.8 Å². The third kappa shape index (κ3) is 7.42. The Morgan fingerprint density at radius 1 is 0.941 bits per heavy atom. The van der Waals surface area contributed by atoms with E-state index in [1.54, 1.807) is 36.4 Å². The summed E-state index contributed by atoms with van der Waals surface area (Å²) in [6.45, 7) is 5.64. The number of carbonyl (C=O) groups is 2. The lowest BCUT2D eigenvalue weighted by Crippen LogP contribution is -2.54. The summed E-state index contributed by atoms with van der Waals surface area (Å²) >= 11 is 6.11. The smallest absolute Gasteiger partial charge is 0.243 e. The molecule has 2 amide bonds. The fourth-order valence-corrected chi connectivity index (χ4v) is 3.95. The largest absolute Gasteiger partial charge is 0.350 e. The van der Waals surface area contributed by atoms with Crippen molar-refractivity contribution in [3.63, 3.8) is 0 Å². The number of nitrogens with zero attached hydrogens (tertiary/aromatic N) is 1. The molecule has 6 heteroatoms. The standard InChI is InChI=1S/C28H30ClFN2O2/c1-28(2,3)31-27(34)25(17-20-10-5-4-6-11-20)32(19-22-13-7-8-15-24(22)30)26(33)18-21-12-9-14-23(29)16-21/h4-16,25H,17-19H2,1-3H3,(H,31,34)/t25-/m1/s1. The minimum Gasteiger partial charge on any atom is -0.350 e. The molecule has 3 aromatic rings. The highest BCUT2D eigenvalue weighted by Crippen LogP contribution is 2.20. The summed E-state index contributed by atoms with van der Waals surface area (Å²) in [6, 6.07) is 22.1. The van der Waals surface area contributed by atoms with Gasteiger partial charge in [-0.3, -0.25) is 9.59 Å². The maximum absolute atomic E-state index is 14.6. The number of benzene rings is 3. The van der Waals surface area contributed by atoms with E-state index in [1.165, 1.54) is 11.0 Å². The molecule has 1 atom stereocenters. The molecule has 34 heavy (non-hydrogen) atoms. The van der Waals surface area contributed by atoms with Gasteiger partial charge >= 0.3 is 0 Å². The number of halogens is 2. The van der Waals surface area contributed by atoms with Crippen molar-refractivity contribution >= 4 is 23.4 Å². The Kier molecular flexibility index (Phi) is 8.46. The lowest BCUT2D eigenvalue weighted by Gasteiger charge is -2.34. The molecule has 0 radical (unpaired) electrons. The molecule has 0 aliphatic carbocycles. The number of hydrogen-bond acceptors (Lipinski definition) is 2. The van der Waals surface area contributed by atoms with Gasteiger partial charge in [0.2, 0.25) is 11.8 Å². The highest BCUT2D eigenvalue weighted by atomic mass is 35.5. The third-order valence-electron chi connectivity index (χ3n) is 5.31. The Balaban J connectivity index is 2.00. The number of rotatable bonds is 8. The van der Waals surface area contributed by atoms with Crippen molar-refractivity contribution in [2.75, 3.05) is 0 Å². The van der Waals surface area contributed by atoms with Crippen LogP contribution in [0.5, 0.6) is 0 Å². The Labute approximate surface area is 205 Å². The molecule has 0 saturated heterocycles. The van der Waals surface area contributed by atoms with E-state index in [0.29, 0.717) is 17.0 Å². The van der Waals surface area contributed by atoms with Gasteiger partial charge in [0.25, 0.3) is 0 Å². The van der Waals surface area contributed by atoms with Gasteiger partial charge in [0, 0.05) is 29.1 Å². The first-order valence-electron chi connectivity index (χ1n) is 11.3. The van der Waals surface area contributed by atoms with Gasteiger partial charge in [-0.15, -0.1) is 0 Å². The van der Waals surface area contributed by atoms with Gasteiger partial charge in [0.1, 0.15) is 11.9 Å². The van der Waals surface area contributed by atoms with Gasteiger partial charge in [-0.05, 0) is 50.1 Å². The monoisotopic (exact) mass is 480 g/mol. The average Bonchev–Trinajstić information content (AvgIpc) is 2.77. The quantitative estimate of drug-likeness (QED) is 0.457. The zero-order valence-corrected chi connectivity index (χ0v) is 20.5. The second kappa shape index (κ2) is 11.3. The Morgan fingerprint density at radius 3 is 2.24 bits per heavy atom. The van der Waals surface area contributed by atoms with Gasteiger partial charge in [0.15, 0.2) is 0 Å². The zero-order chi connectivity index (χ0) is 24.7. The fraction of sp³-hybridized carbons (Fsp3) is 0.286. The molecule has 0 aromatic heterocycles. The van der Waals surface area contributed by atoms with E-state index in [0.717, 1.165) is 11.1 Å². The lowest BCUT2D eigenvalue weighted by atomic mass is 9.99. The van der Waals surface area contributed by atoms with E-state index >= 15 is 0 Å². The van der Waals surface area contributed by atoms with Gasteiger partial charge in [-0.2, -0.15) is 0 Å². The third-order valence-corrected chi connectivity index (χ3v) is 5.55. The molecule has 3 aromatic carbocycles. The summed E-state index contributed by atoms with van der Waals surface area (Å²) in [7, 11) is 0. The molecular weight excluding hydrogens is 451 g/mol.